The van der Waals surface area contributed by atoms with Crippen LogP contribution >= 0.6 is 0 Å². The predicted molar refractivity (Wildman–Crippen MR) is 103 cm³/mol. The zero-order chi connectivity index (χ0) is 18.5. The van der Waals surface area contributed by atoms with Gasteiger partial charge in [0, 0.05) is 12.1 Å². The maximum atomic E-state index is 5.45. The van der Waals surface area contributed by atoms with Gasteiger partial charge in [0.05, 0.1) is 11.6 Å². The molecule has 0 saturated carbocycles. The molecule has 2 aromatic carbocycles. The summed E-state index contributed by atoms with van der Waals surface area (Å²) in [6.07, 6.45) is 1.04. The van der Waals surface area contributed by atoms with E-state index in [1.807, 2.05) is 61.5 Å². The first-order valence-corrected chi connectivity index (χ1v) is 9.15. The molecule has 1 fully saturated rings. The van der Waals surface area contributed by atoms with Crippen molar-refractivity contribution < 1.29 is 9.36 Å². The van der Waals surface area contributed by atoms with Crippen LogP contribution in [0.1, 0.15) is 36.3 Å². The molecule has 6 nitrogen and oxygen atoms in total. The molecule has 4 rings (SSSR count). The van der Waals surface area contributed by atoms with Crippen LogP contribution in [-0.2, 0) is 11.4 Å². The van der Waals surface area contributed by atoms with Crippen LogP contribution in [-0.4, -0.2) is 28.9 Å². The highest BCUT2D eigenvalue weighted by molar-refractivity contribution is 5.98. The van der Waals surface area contributed by atoms with Gasteiger partial charge in [0.1, 0.15) is 6.61 Å². The Morgan fingerprint density at radius 3 is 2.74 bits per heavy atom. The van der Waals surface area contributed by atoms with E-state index in [-0.39, 0.29) is 0 Å². The second kappa shape index (κ2) is 8.14. The van der Waals surface area contributed by atoms with Crippen LogP contribution in [0.3, 0.4) is 0 Å². The molecule has 0 aliphatic carbocycles. The molecule has 1 saturated heterocycles. The number of oxime groups is 1. The first-order valence-electron chi connectivity index (χ1n) is 9.15. The number of benzene rings is 2. The summed E-state index contributed by atoms with van der Waals surface area (Å²) >= 11 is 0. The molecule has 0 unspecified atom stereocenters. The molecular formula is C21H22N4O2. The zero-order valence-corrected chi connectivity index (χ0v) is 15.3. The Bertz CT molecular complexity index is 897. The monoisotopic (exact) mass is 362 g/mol. The normalized spacial score (nSPS) is 17.2. The molecule has 1 aliphatic rings. The first-order chi connectivity index (χ1) is 13.3. The van der Waals surface area contributed by atoms with Crippen LogP contribution in [0, 0.1) is 0 Å². The molecule has 0 radical (unpaired) electrons. The quantitative estimate of drug-likeness (QED) is 0.534. The molecule has 0 spiro atoms. The van der Waals surface area contributed by atoms with Crippen LogP contribution in [0.2, 0.25) is 0 Å². The minimum absolute atomic E-state index is 0.321. The number of hydrogen-bond acceptors (Lipinski definition) is 6. The molecule has 1 aliphatic heterocycles. The number of aromatic nitrogens is 2. The van der Waals surface area contributed by atoms with Gasteiger partial charge < -0.3 is 14.7 Å². The van der Waals surface area contributed by atoms with E-state index in [2.05, 4.69) is 20.6 Å². The van der Waals surface area contributed by atoms with Gasteiger partial charge in [-0.1, -0.05) is 64.9 Å². The third kappa shape index (κ3) is 4.23. The van der Waals surface area contributed by atoms with Crippen LogP contribution in [0.25, 0.3) is 11.4 Å². The van der Waals surface area contributed by atoms with Crippen LogP contribution in [0.4, 0.5) is 0 Å². The number of rotatable bonds is 6. The number of hydrogen-bond donors (Lipinski definition) is 1. The van der Waals surface area contributed by atoms with Crippen molar-refractivity contribution in [3.05, 3.63) is 71.6 Å². The Labute approximate surface area is 158 Å². The van der Waals surface area contributed by atoms with Crippen molar-refractivity contribution >= 4 is 5.71 Å². The molecule has 2 heterocycles. The summed E-state index contributed by atoms with van der Waals surface area (Å²) in [4.78, 5) is 10.0. The van der Waals surface area contributed by atoms with Crippen molar-refractivity contribution in [2.24, 2.45) is 5.16 Å². The molecule has 1 N–H and O–H groups in total. The molecule has 6 heteroatoms. The van der Waals surface area contributed by atoms with Gasteiger partial charge in [0.2, 0.25) is 11.7 Å². The Kier molecular flexibility index (Phi) is 5.25. The second-order valence-corrected chi connectivity index (χ2v) is 6.66. The van der Waals surface area contributed by atoms with Crippen molar-refractivity contribution in [3.8, 4) is 11.4 Å². The van der Waals surface area contributed by atoms with E-state index >= 15 is 0 Å². The van der Waals surface area contributed by atoms with Crippen molar-refractivity contribution in [3.63, 3.8) is 0 Å². The van der Waals surface area contributed by atoms with E-state index in [0.29, 0.717) is 24.2 Å². The van der Waals surface area contributed by atoms with Gasteiger partial charge in [-0.15, -0.1) is 0 Å². The van der Waals surface area contributed by atoms with Crippen molar-refractivity contribution in [1.29, 1.82) is 0 Å². The maximum Gasteiger partial charge on any atom is 0.231 e. The zero-order valence-electron chi connectivity index (χ0n) is 15.3. The summed E-state index contributed by atoms with van der Waals surface area (Å²) in [5, 5.41) is 11.6. The van der Waals surface area contributed by atoms with Crippen molar-refractivity contribution in [2.45, 2.75) is 25.9 Å². The Hall–Kier alpha value is -2.99. The van der Waals surface area contributed by atoms with E-state index in [1.54, 1.807) is 0 Å². The Morgan fingerprint density at radius 1 is 1.19 bits per heavy atom. The molecule has 1 atom stereocenters. The number of nitrogens with zero attached hydrogens (tertiary/aromatic N) is 3. The van der Waals surface area contributed by atoms with Crippen molar-refractivity contribution in [2.75, 3.05) is 13.1 Å². The summed E-state index contributed by atoms with van der Waals surface area (Å²) in [7, 11) is 0. The lowest BCUT2D eigenvalue weighted by molar-refractivity contribution is 0.130. The SMILES string of the molecule is C/C(=N\OCc1ccccc1)c1ccc(-c2noc([C@@H]3CCNC3)n2)cc1. The highest BCUT2D eigenvalue weighted by Gasteiger charge is 2.23. The van der Waals surface area contributed by atoms with E-state index in [9.17, 15) is 0 Å². The predicted octanol–water partition coefficient (Wildman–Crippen LogP) is 3.75. The molecule has 1 aromatic heterocycles. The van der Waals surface area contributed by atoms with Crippen LogP contribution in [0.5, 0.6) is 0 Å². The minimum Gasteiger partial charge on any atom is -0.391 e. The first kappa shape index (κ1) is 17.4. The fourth-order valence-electron chi connectivity index (χ4n) is 3.07. The van der Waals surface area contributed by atoms with Gasteiger partial charge in [-0.2, -0.15) is 4.98 Å². The average Bonchev–Trinajstić information content (AvgIpc) is 3.41. The lowest BCUT2D eigenvalue weighted by atomic mass is 10.1. The third-order valence-corrected chi connectivity index (χ3v) is 4.69. The third-order valence-electron chi connectivity index (χ3n) is 4.69. The highest BCUT2D eigenvalue weighted by Crippen LogP contribution is 2.24. The van der Waals surface area contributed by atoms with Crippen LogP contribution < -0.4 is 5.32 Å². The lowest BCUT2D eigenvalue weighted by Crippen LogP contribution is -2.08. The van der Waals surface area contributed by atoms with E-state index in [4.69, 9.17) is 9.36 Å². The van der Waals surface area contributed by atoms with Gasteiger partial charge in [0.25, 0.3) is 0 Å². The molecular weight excluding hydrogens is 340 g/mol. The Balaban J connectivity index is 1.40. The van der Waals surface area contributed by atoms with Gasteiger partial charge in [-0.05, 0) is 31.0 Å². The molecule has 27 heavy (non-hydrogen) atoms. The fraction of sp³-hybridized carbons (Fsp3) is 0.286. The largest absolute Gasteiger partial charge is 0.391 e. The molecule has 138 valence electrons. The maximum absolute atomic E-state index is 5.45. The van der Waals surface area contributed by atoms with Gasteiger partial charge in [-0.3, -0.25) is 0 Å². The lowest BCUT2D eigenvalue weighted by Gasteiger charge is -2.03. The standard InChI is InChI=1S/C21H22N4O2/c1-15(24-26-14-16-5-3-2-4-6-16)17-7-9-18(10-8-17)20-23-21(27-25-20)19-11-12-22-13-19/h2-10,19,22H,11-14H2,1H3/b24-15+/t19-/m1/s1. The van der Waals surface area contributed by atoms with E-state index in [0.717, 1.165) is 41.9 Å². The van der Waals surface area contributed by atoms with Crippen molar-refractivity contribution in [1.82, 2.24) is 15.5 Å². The summed E-state index contributed by atoms with van der Waals surface area (Å²) in [6, 6.07) is 17.9. The smallest absolute Gasteiger partial charge is 0.231 e. The van der Waals surface area contributed by atoms with Gasteiger partial charge >= 0.3 is 0 Å². The van der Waals surface area contributed by atoms with Crippen LogP contribution in [0.15, 0.2) is 64.3 Å². The summed E-state index contributed by atoms with van der Waals surface area (Å²) < 4.78 is 5.43. The second-order valence-electron chi connectivity index (χ2n) is 6.66. The molecule has 0 amide bonds. The van der Waals surface area contributed by atoms with Gasteiger partial charge in [-0.25, -0.2) is 0 Å². The van der Waals surface area contributed by atoms with E-state index < -0.39 is 0 Å². The summed E-state index contributed by atoms with van der Waals surface area (Å²) in [5.74, 6) is 1.66. The Morgan fingerprint density at radius 2 is 2.00 bits per heavy atom. The average molecular weight is 362 g/mol. The molecule has 0 bridgehead atoms. The summed E-state index contributed by atoms with van der Waals surface area (Å²) in [5.41, 5.74) is 3.84. The van der Waals surface area contributed by atoms with E-state index in [1.165, 1.54) is 0 Å². The minimum atomic E-state index is 0.321. The highest BCUT2D eigenvalue weighted by atomic mass is 16.6. The fourth-order valence-corrected chi connectivity index (χ4v) is 3.07. The topological polar surface area (TPSA) is 72.5 Å². The number of nitrogens with one attached hydrogen (secondary N) is 1. The molecule has 3 aromatic rings. The summed E-state index contributed by atoms with van der Waals surface area (Å²) in [6.45, 7) is 4.29. The van der Waals surface area contributed by atoms with Gasteiger partial charge in [0.15, 0.2) is 0 Å².